The normalized spacial score (nSPS) is 13.7. The van der Waals surface area contributed by atoms with Gasteiger partial charge in [0.1, 0.15) is 28.6 Å². The number of nitrogens with one attached hydrogen (secondary N) is 2. The summed E-state index contributed by atoms with van der Waals surface area (Å²) in [5.74, 6) is 2.87. The fourth-order valence-electron chi connectivity index (χ4n) is 3.82. The quantitative estimate of drug-likeness (QED) is 0.144. The molecule has 0 aliphatic carbocycles. The first-order chi connectivity index (χ1) is 19.5. The van der Waals surface area contributed by atoms with Gasteiger partial charge < -0.3 is 14.8 Å². The summed E-state index contributed by atoms with van der Waals surface area (Å²) in [7, 11) is 0. The summed E-state index contributed by atoms with van der Waals surface area (Å²) >= 11 is 0. The second-order valence-electron chi connectivity index (χ2n) is 9.04. The first-order valence-electron chi connectivity index (χ1n) is 13.1. The lowest BCUT2D eigenvalue weighted by atomic mass is 10.1. The molecule has 0 amide bonds. The minimum absolute atomic E-state index is 0.696. The highest BCUT2D eigenvalue weighted by Crippen LogP contribution is 2.29. The van der Waals surface area contributed by atoms with Crippen molar-refractivity contribution in [3.05, 3.63) is 145 Å². The van der Waals surface area contributed by atoms with Gasteiger partial charge in [0.15, 0.2) is 18.6 Å². The van der Waals surface area contributed by atoms with E-state index < -0.39 is 0 Å². The third-order valence-electron chi connectivity index (χ3n) is 6.17. The SMILES string of the molecule is C=C/C(C)=C\Nc1ccc(Oc2cccc(Oc3ccc([NH+]=C/C(=C\C)C4=C[N+](/C(C=C)=C/C)=C4)cc3)c2)cc1. The fraction of sp³-hybridized carbons (Fsp3) is 0.0857. The zero-order valence-electron chi connectivity index (χ0n) is 23.2. The highest BCUT2D eigenvalue weighted by atomic mass is 16.5. The van der Waals surface area contributed by atoms with Crippen LogP contribution in [-0.4, -0.2) is 17.0 Å². The van der Waals surface area contributed by atoms with E-state index >= 15 is 0 Å². The average molecular weight is 530 g/mol. The van der Waals surface area contributed by atoms with Crippen LogP contribution in [0.2, 0.25) is 0 Å². The predicted molar refractivity (Wildman–Crippen MR) is 166 cm³/mol. The molecule has 0 saturated carbocycles. The molecule has 0 saturated heterocycles. The lowest BCUT2D eigenvalue weighted by Crippen LogP contribution is -2.61. The number of hydrogen-bond donors (Lipinski definition) is 2. The van der Waals surface area contributed by atoms with Crippen LogP contribution in [0.1, 0.15) is 20.8 Å². The molecule has 5 heteroatoms. The summed E-state index contributed by atoms with van der Waals surface area (Å²) in [4.78, 5) is 3.37. The van der Waals surface area contributed by atoms with Crippen molar-refractivity contribution in [1.82, 2.24) is 0 Å². The zero-order valence-corrected chi connectivity index (χ0v) is 23.2. The maximum absolute atomic E-state index is 6.08. The standard InChI is InChI=1S/C35H34N3O2/c1-6-26(5)22-36-29-13-17-32(18-14-29)39-34-11-10-12-35(21-34)40-33-19-15-30(16-20-33)37-23-27(7-2)28-24-38(25-28)31(8-3)9-4/h6-25,36H,1,3H2,2,4-5H3/q+1/p+1/b26-22-,27-7+,31-9+,37-23?. The van der Waals surface area contributed by atoms with Crippen LogP contribution in [-0.2, 0) is 0 Å². The van der Waals surface area contributed by atoms with Crippen LogP contribution < -0.4 is 19.8 Å². The Morgan fingerprint density at radius 3 is 2.00 bits per heavy atom. The van der Waals surface area contributed by atoms with Crippen LogP contribution in [0.15, 0.2) is 145 Å². The lowest BCUT2D eigenvalue weighted by Gasteiger charge is -2.10. The van der Waals surface area contributed by atoms with Gasteiger partial charge in [0.05, 0.1) is 5.57 Å². The Balaban J connectivity index is 1.34. The van der Waals surface area contributed by atoms with Gasteiger partial charge in [-0.05, 0) is 81.0 Å². The molecule has 3 aromatic carbocycles. The molecule has 200 valence electrons. The molecule has 0 bridgehead atoms. The van der Waals surface area contributed by atoms with Gasteiger partial charge in [0, 0.05) is 36.2 Å². The molecular formula is C35H35N3O2+2. The smallest absolute Gasteiger partial charge is 0.205 e. The van der Waals surface area contributed by atoms with Crippen LogP contribution in [0.4, 0.5) is 11.4 Å². The Bertz CT molecular complexity index is 1550. The van der Waals surface area contributed by atoms with Crippen molar-refractivity contribution < 1.29 is 19.0 Å². The van der Waals surface area contributed by atoms with E-state index in [4.69, 9.17) is 9.47 Å². The summed E-state index contributed by atoms with van der Waals surface area (Å²) in [6.45, 7) is 13.6. The summed E-state index contributed by atoms with van der Waals surface area (Å²) in [6.07, 6.45) is 15.9. The van der Waals surface area contributed by atoms with Crippen LogP contribution >= 0.6 is 0 Å². The Labute approximate surface area is 236 Å². The maximum atomic E-state index is 6.08. The Morgan fingerprint density at radius 2 is 1.45 bits per heavy atom. The van der Waals surface area contributed by atoms with Crippen molar-refractivity contribution in [3.8, 4) is 23.0 Å². The number of benzene rings is 3. The Morgan fingerprint density at radius 1 is 0.825 bits per heavy atom. The highest BCUT2D eigenvalue weighted by Gasteiger charge is 2.22. The summed E-state index contributed by atoms with van der Waals surface area (Å²) in [6, 6.07) is 23.2. The van der Waals surface area contributed by atoms with Gasteiger partial charge in [-0.3, -0.25) is 0 Å². The molecule has 3 aromatic rings. The van der Waals surface area contributed by atoms with Crippen molar-refractivity contribution in [3.63, 3.8) is 0 Å². The van der Waals surface area contributed by atoms with E-state index in [0.717, 1.165) is 45.3 Å². The summed E-state index contributed by atoms with van der Waals surface area (Å²) in [5.41, 5.74) is 6.33. The van der Waals surface area contributed by atoms with E-state index in [1.165, 1.54) is 0 Å². The van der Waals surface area contributed by atoms with Gasteiger partial charge >= 0.3 is 0 Å². The zero-order chi connectivity index (χ0) is 28.3. The Kier molecular flexibility index (Phi) is 9.46. The van der Waals surface area contributed by atoms with Gasteiger partial charge in [0.25, 0.3) is 0 Å². The van der Waals surface area contributed by atoms with E-state index in [1.54, 1.807) is 6.08 Å². The van der Waals surface area contributed by atoms with Crippen molar-refractivity contribution in [2.75, 3.05) is 5.32 Å². The first-order valence-corrected chi connectivity index (χ1v) is 13.1. The second-order valence-corrected chi connectivity index (χ2v) is 9.04. The molecule has 4 rings (SSSR count). The average Bonchev–Trinajstić information content (AvgIpc) is 2.96. The summed E-state index contributed by atoms with van der Waals surface area (Å²) in [5, 5.41) is 3.23. The van der Waals surface area contributed by atoms with Gasteiger partial charge in [0.2, 0.25) is 11.4 Å². The van der Waals surface area contributed by atoms with E-state index in [0.29, 0.717) is 11.5 Å². The minimum Gasteiger partial charge on any atom is -0.457 e. The summed E-state index contributed by atoms with van der Waals surface area (Å²) < 4.78 is 14.2. The van der Waals surface area contributed by atoms with Crippen molar-refractivity contribution in [1.29, 1.82) is 0 Å². The third kappa shape index (κ3) is 7.45. The van der Waals surface area contributed by atoms with Gasteiger partial charge in [-0.2, -0.15) is 4.58 Å². The van der Waals surface area contributed by atoms with Crippen LogP contribution in [0, 0.1) is 0 Å². The largest absolute Gasteiger partial charge is 0.457 e. The van der Waals surface area contributed by atoms with Crippen molar-refractivity contribution in [2.24, 2.45) is 0 Å². The van der Waals surface area contributed by atoms with Crippen LogP contribution in [0.5, 0.6) is 23.0 Å². The minimum atomic E-state index is 0.696. The molecule has 40 heavy (non-hydrogen) atoms. The molecule has 0 spiro atoms. The number of nitrogens with zero attached hydrogens (tertiary/aromatic N) is 1. The third-order valence-corrected chi connectivity index (χ3v) is 6.17. The number of hydrogen-bond acceptors (Lipinski definition) is 3. The molecule has 0 fully saturated rings. The van der Waals surface area contributed by atoms with E-state index in [-0.39, 0.29) is 0 Å². The molecule has 0 unspecified atom stereocenters. The molecule has 0 aromatic heterocycles. The number of ether oxygens (including phenoxy) is 2. The predicted octanol–water partition coefficient (Wildman–Crippen LogP) is 7.57. The van der Waals surface area contributed by atoms with Gasteiger partial charge in [-0.25, -0.2) is 4.99 Å². The topological polar surface area (TPSA) is 47.5 Å². The van der Waals surface area contributed by atoms with Crippen LogP contribution in [0.25, 0.3) is 0 Å². The molecule has 1 heterocycles. The Hall–Kier alpha value is -5.16. The van der Waals surface area contributed by atoms with Crippen LogP contribution in [0.3, 0.4) is 0 Å². The number of allylic oxidation sites excluding steroid dienone is 7. The second kappa shape index (κ2) is 13.6. The highest BCUT2D eigenvalue weighted by molar-refractivity contribution is 5.97. The van der Waals surface area contributed by atoms with Gasteiger partial charge in [-0.15, -0.1) is 0 Å². The van der Waals surface area contributed by atoms with E-state index in [9.17, 15) is 0 Å². The fourth-order valence-corrected chi connectivity index (χ4v) is 3.82. The first kappa shape index (κ1) is 27.9. The lowest BCUT2D eigenvalue weighted by molar-refractivity contribution is -0.401. The molecule has 1 aliphatic heterocycles. The van der Waals surface area contributed by atoms with E-state index in [2.05, 4.69) is 46.5 Å². The molecule has 1 aliphatic rings. The molecule has 2 N–H and O–H groups in total. The van der Waals surface area contributed by atoms with Gasteiger partial charge in [-0.1, -0.05) is 31.4 Å². The molecule has 0 atom stereocenters. The number of anilines is 1. The molecule has 0 radical (unpaired) electrons. The van der Waals surface area contributed by atoms with E-state index in [1.807, 2.05) is 118 Å². The van der Waals surface area contributed by atoms with Crippen molar-refractivity contribution in [2.45, 2.75) is 20.8 Å². The molecular weight excluding hydrogens is 494 g/mol. The van der Waals surface area contributed by atoms with Crippen molar-refractivity contribution >= 4 is 23.8 Å². The molecule has 5 nitrogen and oxygen atoms in total. The maximum Gasteiger partial charge on any atom is 0.205 e. The monoisotopic (exact) mass is 529 g/mol. The number of rotatable bonds is 12.